The molecule has 4 nitrogen and oxygen atoms in total. The van der Waals surface area contributed by atoms with Gasteiger partial charge in [0.1, 0.15) is 17.2 Å². The quantitative estimate of drug-likeness (QED) is 0.807. The second-order valence-electron chi connectivity index (χ2n) is 6.24. The number of hydrogen-bond acceptors (Lipinski definition) is 3. The predicted molar refractivity (Wildman–Crippen MR) is 106 cm³/mol. The molecule has 1 fully saturated rings. The number of nitrogens with zero attached hydrogens (tertiary/aromatic N) is 1. The molecule has 2 aromatic carbocycles. The van der Waals surface area contributed by atoms with Gasteiger partial charge in [-0.05, 0) is 36.2 Å². The molecule has 27 heavy (non-hydrogen) atoms. The lowest BCUT2D eigenvalue weighted by Crippen LogP contribution is -2.48. The monoisotopic (exact) mass is 406 g/mol. The Morgan fingerprint density at radius 1 is 1.22 bits per heavy atom. The van der Waals surface area contributed by atoms with E-state index in [2.05, 4.69) is 5.32 Å². The third-order valence-electron chi connectivity index (χ3n) is 4.35. The van der Waals surface area contributed by atoms with Crippen LogP contribution in [0.1, 0.15) is 34.6 Å². The van der Waals surface area contributed by atoms with Crippen LogP contribution in [0.5, 0.6) is 0 Å². The topological polar surface area (TPSA) is 49.4 Å². The summed E-state index contributed by atoms with van der Waals surface area (Å²) in [5.41, 5.74) is 1.12. The van der Waals surface area contributed by atoms with Crippen LogP contribution in [-0.4, -0.2) is 35.1 Å². The Kier molecular flexibility index (Phi) is 6.39. The van der Waals surface area contributed by atoms with Crippen LogP contribution in [0.25, 0.3) is 0 Å². The first-order chi connectivity index (χ1) is 13.0. The summed E-state index contributed by atoms with van der Waals surface area (Å²) in [7, 11) is 0. The molecule has 2 aromatic rings. The Labute approximate surface area is 167 Å². The summed E-state index contributed by atoms with van der Waals surface area (Å²) in [6, 6.07) is 12.2. The second-order valence-corrected chi connectivity index (χ2v) is 7.76. The Morgan fingerprint density at radius 3 is 2.59 bits per heavy atom. The lowest BCUT2D eigenvalue weighted by molar-refractivity contribution is -0.124. The highest BCUT2D eigenvalue weighted by Gasteiger charge is 2.42. The minimum atomic E-state index is -0.611. The van der Waals surface area contributed by atoms with Crippen LogP contribution in [0, 0.1) is 5.82 Å². The normalized spacial score (nSPS) is 19.1. The molecule has 0 aliphatic carbocycles. The van der Waals surface area contributed by atoms with E-state index in [9.17, 15) is 14.0 Å². The number of halogens is 2. The smallest absolute Gasteiger partial charge is 0.257 e. The second kappa shape index (κ2) is 8.76. The van der Waals surface area contributed by atoms with Gasteiger partial charge in [0, 0.05) is 12.3 Å². The summed E-state index contributed by atoms with van der Waals surface area (Å²) in [5.74, 6) is -0.373. The molecule has 2 atom stereocenters. The van der Waals surface area contributed by atoms with Crippen molar-refractivity contribution in [1.29, 1.82) is 0 Å². The molecule has 0 saturated carbocycles. The van der Waals surface area contributed by atoms with Crippen molar-refractivity contribution in [2.24, 2.45) is 0 Å². The van der Waals surface area contributed by atoms with Gasteiger partial charge >= 0.3 is 0 Å². The Hall–Kier alpha value is -2.05. The van der Waals surface area contributed by atoms with E-state index in [1.54, 1.807) is 41.3 Å². The van der Waals surface area contributed by atoms with Crippen LogP contribution in [0.3, 0.4) is 0 Å². The molecular formula is C20H20ClFN2O2S. The van der Waals surface area contributed by atoms with Crippen molar-refractivity contribution in [3.05, 3.63) is 70.5 Å². The van der Waals surface area contributed by atoms with Crippen molar-refractivity contribution < 1.29 is 14.0 Å². The Morgan fingerprint density at radius 2 is 1.93 bits per heavy atom. The largest absolute Gasteiger partial charge is 0.354 e. The van der Waals surface area contributed by atoms with Crippen molar-refractivity contribution in [3.8, 4) is 0 Å². The van der Waals surface area contributed by atoms with Gasteiger partial charge in [-0.3, -0.25) is 9.59 Å². The molecule has 0 bridgehead atoms. The summed E-state index contributed by atoms with van der Waals surface area (Å²) in [6.07, 6.45) is 0.811. The van der Waals surface area contributed by atoms with E-state index < -0.39 is 6.04 Å². The number of benzene rings is 2. The summed E-state index contributed by atoms with van der Waals surface area (Å²) in [5, 5.41) is 2.82. The van der Waals surface area contributed by atoms with Gasteiger partial charge in [0.05, 0.1) is 10.6 Å². The van der Waals surface area contributed by atoms with Gasteiger partial charge in [-0.1, -0.05) is 42.8 Å². The van der Waals surface area contributed by atoms with Gasteiger partial charge in [-0.15, -0.1) is 11.8 Å². The number of nitrogens with one attached hydrogen (secondary N) is 1. The fraction of sp³-hybridized carbons (Fsp3) is 0.300. The van der Waals surface area contributed by atoms with Gasteiger partial charge < -0.3 is 10.2 Å². The van der Waals surface area contributed by atoms with Crippen LogP contribution < -0.4 is 5.32 Å². The standard InChI is InChI=1S/C20H20ClFN2O2S/c1-2-11-23-18(25)17-12-27-20(13-7-9-14(22)10-8-13)24(17)19(26)15-5-3-4-6-16(15)21/h3-10,17,20H,2,11-12H2,1H3,(H,23,25). The first kappa shape index (κ1) is 19.7. The number of carbonyl (C=O) groups excluding carboxylic acids is 2. The molecule has 142 valence electrons. The number of thioether (sulfide) groups is 1. The van der Waals surface area contributed by atoms with Gasteiger partial charge in [0.15, 0.2) is 0 Å². The number of hydrogen-bond donors (Lipinski definition) is 1. The average Bonchev–Trinajstić information content (AvgIpc) is 3.11. The molecule has 2 amide bonds. The molecule has 1 heterocycles. The van der Waals surface area contributed by atoms with Crippen molar-refractivity contribution in [2.45, 2.75) is 24.8 Å². The van der Waals surface area contributed by atoms with E-state index in [1.165, 1.54) is 23.9 Å². The predicted octanol–water partition coefficient (Wildman–Crippen LogP) is 4.26. The molecule has 7 heteroatoms. The lowest BCUT2D eigenvalue weighted by Gasteiger charge is -2.29. The zero-order chi connectivity index (χ0) is 19.4. The molecule has 0 radical (unpaired) electrons. The molecule has 1 aliphatic rings. The highest BCUT2D eigenvalue weighted by molar-refractivity contribution is 7.99. The van der Waals surface area contributed by atoms with E-state index in [0.717, 1.165) is 12.0 Å². The summed E-state index contributed by atoms with van der Waals surface area (Å²) in [4.78, 5) is 27.5. The molecule has 1 aliphatic heterocycles. The third kappa shape index (κ3) is 4.28. The van der Waals surface area contributed by atoms with Crippen LogP contribution in [-0.2, 0) is 4.79 Å². The fourth-order valence-corrected chi connectivity index (χ4v) is 4.63. The Balaban J connectivity index is 1.96. The molecule has 1 saturated heterocycles. The van der Waals surface area contributed by atoms with Gasteiger partial charge in [-0.2, -0.15) is 0 Å². The SMILES string of the molecule is CCCNC(=O)C1CSC(c2ccc(F)cc2)N1C(=O)c1ccccc1Cl. The molecule has 2 unspecified atom stereocenters. The van der Waals surface area contributed by atoms with Gasteiger partial charge in [0.25, 0.3) is 5.91 Å². The van der Waals surface area contributed by atoms with E-state index in [-0.39, 0.29) is 23.0 Å². The maximum absolute atomic E-state index is 13.3. The van der Waals surface area contributed by atoms with Crippen molar-refractivity contribution in [3.63, 3.8) is 0 Å². The maximum Gasteiger partial charge on any atom is 0.257 e. The van der Waals surface area contributed by atoms with Gasteiger partial charge in [-0.25, -0.2) is 4.39 Å². The summed E-state index contributed by atoms with van der Waals surface area (Å²) in [6.45, 7) is 2.52. The zero-order valence-corrected chi connectivity index (χ0v) is 16.4. The van der Waals surface area contributed by atoms with Crippen molar-refractivity contribution in [2.75, 3.05) is 12.3 Å². The zero-order valence-electron chi connectivity index (χ0n) is 14.8. The number of carbonyl (C=O) groups is 2. The highest BCUT2D eigenvalue weighted by atomic mass is 35.5. The van der Waals surface area contributed by atoms with Crippen molar-refractivity contribution >= 4 is 35.2 Å². The summed E-state index contributed by atoms with van der Waals surface area (Å²) >= 11 is 7.71. The Bertz CT molecular complexity index is 831. The maximum atomic E-state index is 13.3. The molecule has 3 rings (SSSR count). The third-order valence-corrected chi connectivity index (χ3v) is 6.00. The van der Waals surface area contributed by atoms with E-state index in [1.807, 2.05) is 6.92 Å². The number of amides is 2. The van der Waals surface area contributed by atoms with E-state index in [4.69, 9.17) is 11.6 Å². The molecule has 1 N–H and O–H groups in total. The van der Waals surface area contributed by atoms with E-state index in [0.29, 0.717) is 22.9 Å². The molecule has 0 spiro atoms. The minimum Gasteiger partial charge on any atom is -0.354 e. The van der Waals surface area contributed by atoms with Crippen LogP contribution in [0.2, 0.25) is 5.02 Å². The molecule has 0 aromatic heterocycles. The van der Waals surface area contributed by atoms with Crippen LogP contribution >= 0.6 is 23.4 Å². The first-order valence-corrected chi connectivity index (χ1v) is 10.2. The lowest BCUT2D eigenvalue weighted by atomic mass is 10.1. The highest BCUT2D eigenvalue weighted by Crippen LogP contribution is 2.42. The number of rotatable bonds is 5. The first-order valence-electron chi connectivity index (χ1n) is 8.75. The van der Waals surface area contributed by atoms with Crippen molar-refractivity contribution in [1.82, 2.24) is 10.2 Å². The van der Waals surface area contributed by atoms with Crippen LogP contribution in [0.15, 0.2) is 48.5 Å². The summed E-state index contributed by atoms with van der Waals surface area (Å²) < 4.78 is 13.3. The van der Waals surface area contributed by atoms with Gasteiger partial charge in [0.2, 0.25) is 5.91 Å². The van der Waals surface area contributed by atoms with Crippen LogP contribution in [0.4, 0.5) is 4.39 Å². The molecular weight excluding hydrogens is 387 g/mol. The fourth-order valence-electron chi connectivity index (χ4n) is 2.98. The average molecular weight is 407 g/mol. The van der Waals surface area contributed by atoms with E-state index >= 15 is 0 Å². The minimum absolute atomic E-state index is 0.186.